The fraction of sp³-hybridized carbons (Fsp3) is 0.533. The summed E-state index contributed by atoms with van der Waals surface area (Å²) in [5, 5.41) is 3.66. The Morgan fingerprint density at radius 1 is 1.28 bits per heavy atom. The third kappa shape index (κ3) is 3.33. The first-order valence-corrected chi connectivity index (χ1v) is 6.73. The number of nitrogens with one attached hydrogen (secondary N) is 1. The summed E-state index contributed by atoms with van der Waals surface area (Å²) in [7, 11) is 0. The maximum Gasteiger partial charge on any atom is 0.219 e. The topological polar surface area (TPSA) is 32.3 Å². The van der Waals surface area contributed by atoms with E-state index in [0.29, 0.717) is 12.1 Å². The van der Waals surface area contributed by atoms with Crippen LogP contribution in [-0.2, 0) is 4.79 Å². The van der Waals surface area contributed by atoms with Crippen molar-refractivity contribution in [2.45, 2.75) is 38.8 Å². The Labute approximate surface area is 109 Å². The molecule has 0 bridgehead atoms. The maximum absolute atomic E-state index is 11.3. The number of carbonyl (C=O) groups is 1. The summed E-state index contributed by atoms with van der Waals surface area (Å²) in [5.41, 5.74) is 1.33. The number of nitrogens with zero attached hydrogens (tertiary/aromatic N) is 1. The average Bonchev–Trinajstić information content (AvgIpc) is 2.40. The summed E-state index contributed by atoms with van der Waals surface area (Å²) in [4.78, 5) is 13.2. The van der Waals surface area contributed by atoms with Crippen LogP contribution in [0.3, 0.4) is 0 Å². The van der Waals surface area contributed by atoms with Crippen LogP contribution in [0.2, 0.25) is 0 Å². The van der Waals surface area contributed by atoms with E-state index in [1.54, 1.807) is 6.92 Å². The molecule has 98 valence electrons. The molecule has 2 rings (SSSR count). The summed E-state index contributed by atoms with van der Waals surface area (Å²) in [6.07, 6.45) is 2.10. The first-order valence-electron chi connectivity index (χ1n) is 6.73. The normalized spacial score (nSPS) is 18.7. The molecular formula is C15H22N2O. The number of hydrogen-bond donors (Lipinski definition) is 1. The molecule has 18 heavy (non-hydrogen) atoms. The number of likely N-dealkylation sites (tertiary alicyclic amines) is 1. The standard InChI is InChI=1S/C15H22N2O/c1-12(14-6-4-3-5-7-14)16-15-8-10-17(11-9-15)13(2)18/h3-7,12,15-16H,8-11H2,1-2H3/t12-/m1/s1. The van der Waals surface area contributed by atoms with E-state index in [2.05, 4.69) is 36.5 Å². The molecule has 1 saturated heterocycles. The minimum absolute atomic E-state index is 0.199. The molecule has 1 aromatic rings. The van der Waals surface area contributed by atoms with E-state index in [1.807, 2.05) is 11.0 Å². The van der Waals surface area contributed by atoms with Crippen molar-refractivity contribution >= 4 is 5.91 Å². The second kappa shape index (κ2) is 6.01. The van der Waals surface area contributed by atoms with E-state index in [-0.39, 0.29) is 5.91 Å². The molecule has 1 aliphatic heterocycles. The number of piperidine rings is 1. The molecule has 1 aliphatic rings. The van der Waals surface area contributed by atoms with E-state index in [1.165, 1.54) is 5.56 Å². The molecule has 0 unspecified atom stereocenters. The third-order valence-electron chi connectivity index (χ3n) is 3.73. The van der Waals surface area contributed by atoms with Gasteiger partial charge in [0.05, 0.1) is 0 Å². The highest BCUT2D eigenvalue weighted by Crippen LogP contribution is 2.17. The summed E-state index contributed by atoms with van der Waals surface area (Å²) < 4.78 is 0. The molecule has 0 spiro atoms. The minimum Gasteiger partial charge on any atom is -0.343 e. The summed E-state index contributed by atoms with van der Waals surface area (Å²) in [5.74, 6) is 0.199. The van der Waals surface area contributed by atoms with Gasteiger partial charge in [-0.05, 0) is 25.3 Å². The van der Waals surface area contributed by atoms with E-state index < -0.39 is 0 Å². The van der Waals surface area contributed by atoms with Crippen molar-refractivity contribution in [3.05, 3.63) is 35.9 Å². The van der Waals surface area contributed by atoms with Crippen LogP contribution in [0.1, 0.15) is 38.3 Å². The van der Waals surface area contributed by atoms with Gasteiger partial charge in [0.2, 0.25) is 5.91 Å². The number of rotatable bonds is 3. The Morgan fingerprint density at radius 2 is 1.89 bits per heavy atom. The second-order valence-corrected chi connectivity index (χ2v) is 5.08. The van der Waals surface area contributed by atoms with Gasteiger partial charge in [0.25, 0.3) is 0 Å². The largest absolute Gasteiger partial charge is 0.343 e. The molecule has 0 saturated carbocycles. The van der Waals surface area contributed by atoms with Crippen LogP contribution >= 0.6 is 0 Å². The summed E-state index contributed by atoms with van der Waals surface area (Å²) in [6.45, 7) is 5.62. The fourth-order valence-electron chi connectivity index (χ4n) is 2.55. The van der Waals surface area contributed by atoms with Crippen molar-refractivity contribution in [2.24, 2.45) is 0 Å². The van der Waals surface area contributed by atoms with Crippen molar-refractivity contribution in [3.8, 4) is 0 Å². The van der Waals surface area contributed by atoms with Crippen molar-refractivity contribution in [2.75, 3.05) is 13.1 Å². The first kappa shape index (κ1) is 13.1. The zero-order valence-corrected chi connectivity index (χ0v) is 11.2. The minimum atomic E-state index is 0.199. The van der Waals surface area contributed by atoms with Crippen LogP contribution in [0.5, 0.6) is 0 Å². The second-order valence-electron chi connectivity index (χ2n) is 5.08. The quantitative estimate of drug-likeness (QED) is 0.888. The third-order valence-corrected chi connectivity index (χ3v) is 3.73. The monoisotopic (exact) mass is 246 g/mol. The molecule has 0 aliphatic carbocycles. The highest BCUT2D eigenvalue weighted by Gasteiger charge is 2.21. The Kier molecular flexibility index (Phi) is 4.37. The van der Waals surface area contributed by atoms with Gasteiger partial charge in [-0.15, -0.1) is 0 Å². The van der Waals surface area contributed by atoms with Gasteiger partial charge < -0.3 is 10.2 Å². The van der Waals surface area contributed by atoms with Crippen molar-refractivity contribution in [1.29, 1.82) is 0 Å². The fourth-order valence-corrected chi connectivity index (χ4v) is 2.55. The molecule has 1 fully saturated rings. The molecule has 1 atom stereocenters. The predicted molar refractivity (Wildman–Crippen MR) is 73.3 cm³/mol. The summed E-state index contributed by atoms with van der Waals surface area (Å²) in [6, 6.07) is 11.4. The van der Waals surface area contributed by atoms with Gasteiger partial charge in [-0.2, -0.15) is 0 Å². The van der Waals surface area contributed by atoms with Crippen LogP contribution in [0.15, 0.2) is 30.3 Å². The molecule has 1 heterocycles. The Hall–Kier alpha value is -1.35. The van der Waals surface area contributed by atoms with Crippen molar-refractivity contribution < 1.29 is 4.79 Å². The first-order chi connectivity index (χ1) is 8.66. The lowest BCUT2D eigenvalue weighted by atomic mass is 10.0. The highest BCUT2D eigenvalue weighted by atomic mass is 16.2. The van der Waals surface area contributed by atoms with Gasteiger partial charge in [-0.1, -0.05) is 30.3 Å². The zero-order chi connectivity index (χ0) is 13.0. The molecule has 3 heteroatoms. The average molecular weight is 246 g/mol. The van der Waals surface area contributed by atoms with Crippen LogP contribution in [-0.4, -0.2) is 29.9 Å². The predicted octanol–water partition coefficient (Wildman–Crippen LogP) is 2.35. The van der Waals surface area contributed by atoms with Gasteiger partial charge in [-0.25, -0.2) is 0 Å². The SMILES string of the molecule is CC(=O)N1CCC(N[C@H](C)c2ccccc2)CC1. The molecule has 1 aromatic carbocycles. The molecule has 1 amide bonds. The zero-order valence-electron chi connectivity index (χ0n) is 11.2. The van der Waals surface area contributed by atoms with Crippen LogP contribution in [0.25, 0.3) is 0 Å². The van der Waals surface area contributed by atoms with Gasteiger partial charge in [-0.3, -0.25) is 4.79 Å². The highest BCUT2D eigenvalue weighted by molar-refractivity contribution is 5.73. The van der Waals surface area contributed by atoms with E-state index >= 15 is 0 Å². The number of hydrogen-bond acceptors (Lipinski definition) is 2. The van der Waals surface area contributed by atoms with Crippen molar-refractivity contribution in [3.63, 3.8) is 0 Å². The van der Waals surface area contributed by atoms with Gasteiger partial charge in [0.15, 0.2) is 0 Å². The molecule has 0 aromatic heterocycles. The smallest absolute Gasteiger partial charge is 0.219 e. The van der Waals surface area contributed by atoms with E-state index in [0.717, 1.165) is 25.9 Å². The lowest BCUT2D eigenvalue weighted by molar-refractivity contribution is -0.129. The van der Waals surface area contributed by atoms with Crippen LogP contribution in [0.4, 0.5) is 0 Å². The van der Waals surface area contributed by atoms with E-state index in [4.69, 9.17) is 0 Å². The van der Waals surface area contributed by atoms with Gasteiger partial charge in [0.1, 0.15) is 0 Å². The van der Waals surface area contributed by atoms with Gasteiger partial charge in [0, 0.05) is 32.1 Å². The Balaban J connectivity index is 1.83. The number of amides is 1. The van der Waals surface area contributed by atoms with E-state index in [9.17, 15) is 4.79 Å². The Bertz CT molecular complexity index is 383. The molecule has 3 nitrogen and oxygen atoms in total. The van der Waals surface area contributed by atoms with Gasteiger partial charge >= 0.3 is 0 Å². The lowest BCUT2D eigenvalue weighted by Gasteiger charge is -2.33. The van der Waals surface area contributed by atoms with Crippen LogP contribution in [0, 0.1) is 0 Å². The number of benzene rings is 1. The summed E-state index contributed by atoms with van der Waals surface area (Å²) >= 11 is 0. The lowest BCUT2D eigenvalue weighted by Crippen LogP contribution is -2.44. The number of carbonyl (C=O) groups excluding carboxylic acids is 1. The molecule has 1 N–H and O–H groups in total. The maximum atomic E-state index is 11.3. The van der Waals surface area contributed by atoms with Crippen LogP contribution < -0.4 is 5.32 Å². The molecular weight excluding hydrogens is 224 g/mol. The molecule has 0 radical (unpaired) electrons. The Morgan fingerprint density at radius 3 is 2.44 bits per heavy atom. The van der Waals surface area contributed by atoms with Crippen molar-refractivity contribution in [1.82, 2.24) is 10.2 Å².